The van der Waals surface area contributed by atoms with Crippen molar-refractivity contribution in [2.75, 3.05) is 20.2 Å². The Morgan fingerprint density at radius 3 is 2.61 bits per heavy atom. The lowest BCUT2D eigenvalue weighted by Gasteiger charge is -2.51. The molecule has 2 amide bonds. The van der Waals surface area contributed by atoms with Crippen LogP contribution >= 0.6 is 11.6 Å². The first kappa shape index (κ1) is 22.7. The molecule has 1 N–H and O–H groups in total. The van der Waals surface area contributed by atoms with E-state index in [1.165, 1.54) is 0 Å². The van der Waals surface area contributed by atoms with Gasteiger partial charge in [0, 0.05) is 34.9 Å². The van der Waals surface area contributed by atoms with Crippen molar-refractivity contribution >= 4 is 34.3 Å². The molecule has 6 rings (SSSR count). The Bertz CT molecular complexity index is 1500. The van der Waals surface area contributed by atoms with Gasteiger partial charge in [0.25, 0.3) is 5.91 Å². The van der Waals surface area contributed by atoms with Crippen molar-refractivity contribution < 1.29 is 14.3 Å². The molecule has 7 heteroatoms. The highest BCUT2D eigenvalue weighted by atomic mass is 35.5. The number of ether oxygens (including phenoxy) is 1. The number of halogens is 1. The smallest absolute Gasteiger partial charge is 0.255 e. The summed E-state index contributed by atoms with van der Waals surface area (Å²) in [5.41, 5.74) is 3.64. The van der Waals surface area contributed by atoms with Gasteiger partial charge in [0.2, 0.25) is 5.91 Å². The van der Waals surface area contributed by atoms with Crippen molar-refractivity contribution in [3.05, 3.63) is 100 Å². The zero-order chi connectivity index (χ0) is 25.0. The second-order valence-corrected chi connectivity index (χ2v) is 10.1. The van der Waals surface area contributed by atoms with Crippen LogP contribution in [-0.2, 0) is 21.7 Å². The number of hydrogen-bond acceptors (Lipinski definition) is 3. The van der Waals surface area contributed by atoms with Crippen LogP contribution in [0.1, 0.15) is 35.2 Å². The molecule has 1 aromatic heterocycles. The lowest BCUT2D eigenvalue weighted by atomic mass is 9.76. The number of carbonyl (C=O) groups is 2. The molecule has 0 bridgehead atoms. The van der Waals surface area contributed by atoms with Crippen LogP contribution in [0.15, 0.2) is 72.8 Å². The molecule has 0 aliphatic carbocycles. The SMILES string of the molecule is COc1cccc(CN2CC(=O)N3CC(c4ccc(Cl)cc4)c4c([nH]c5ccccc45)[C@@]3(C)C2=O)c1. The molecule has 2 aliphatic heterocycles. The van der Waals surface area contributed by atoms with Gasteiger partial charge in [-0.1, -0.05) is 54.1 Å². The van der Waals surface area contributed by atoms with Gasteiger partial charge >= 0.3 is 0 Å². The fourth-order valence-electron chi connectivity index (χ4n) is 5.79. The second-order valence-electron chi connectivity index (χ2n) is 9.65. The highest BCUT2D eigenvalue weighted by Crippen LogP contribution is 2.48. The molecule has 1 saturated heterocycles. The number of H-pyrrole nitrogens is 1. The molecule has 182 valence electrons. The van der Waals surface area contributed by atoms with Crippen LogP contribution in [0, 0.1) is 0 Å². The van der Waals surface area contributed by atoms with E-state index in [4.69, 9.17) is 16.3 Å². The second kappa shape index (κ2) is 8.42. The third kappa shape index (κ3) is 3.39. The molecule has 4 aromatic rings. The van der Waals surface area contributed by atoms with Crippen LogP contribution in [0.4, 0.5) is 0 Å². The summed E-state index contributed by atoms with van der Waals surface area (Å²) < 4.78 is 5.35. The van der Waals surface area contributed by atoms with E-state index in [2.05, 4.69) is 11.1 Å². The summed E-state index contributed by atoms with van der Waals surface area (Å²) in [5.74, 6) is 0.483. The number of methoxy groups -OCH3 is 1. The van der Waals surface area contributed by atoms with Gasteiger partial charge < -0.3 is 19.5 Å². The van der Waals surface area contributed by atoms with E-state index < -0.39 is 5.54 Å². The summed E-state index contributed by atoms with van der Waals surface area (Å²) in [7, 11) is 1.62. The average molecular weight is 500 g/mol. The molecule has 2 atom stereocenters. The minimum absolute atomic E-state index is 0.0362. The first-order valence-electron chi connectivity index (χ1n) is 12.0. The maximum absolute atomic E-state index is 14.2. The molecule has 3 aromatic carbocycles. The molecule has 6 nitrogen and oxygen atoms in total. The van der Waals surface area contributed by atoms with Gasteiger partial charge in [0.05, 0.1) is 12.8 Å². The van der Waals surface area contributed by atoms with Gasteiger partial charge in [0.1, 0.15) is 12.3 Å². The van der Waals surface area contributed by atoms with Crippen LogP contribution in [0.5, 0.6) is 5.75 Å². The normalized spacial score (nSPS) is 21.5. The number of piperazine rings is 1. The number of benzene rings is 3. The number of amides is 2. The minimum atomic E-state index is -1.13. The number of hydrogen-bond donors (Lipinski definition) is 1. The topological polar surface area (TPSA) is 65.6 Å². The molecule has 2 aliphatic rings. The van der Waals surface area contributed by atoms with E-state index in [9.17, 15) is 9.59 Å². The monoisotopic (exact) mass is 499 g/mol. The van der Waals surface area contributed by atoms with Gasteiger partial charge in [-0.05, 0) is 53.9 Å². The fourth-order valence-corrected chi connectivity index (χ4v) is 5.91. The predicted octanol–water partition coefficient (Wildman–Crippen LogP) is 5.06. The molecule has 3 heterocycles. The number of fused-ring (bicyclic) bond motifs is 5. The predicted molar refractivity (Wildman–Crippen MR) is 139 cm³/mol. The summed E-state index contributed by atoms with van der Waals surface area (Å²) in [6.07, 6.45) is 0. The number of nitrogens with one attached hydrogen (secondary N) is 1. The van der Waals surface area contributed by atoms with Crippen molar-refractivity contribution in [2.45, 2.75) is 24.9 Å². The van der Waals surface area contributed by atoms with Crippen LogP contribution in [0.2, 0.25) is 5.02 Å². The summed E-state index contributed by atoms with van der Waals surface area (Å²) >= 11 is 6.17. The van der Waals surface area contributed by atoms with E-state index in [1.807, 2.05) is 73.7 Å². The molecule has 0 saturated carbocycles. The molecular formula is C29H26ClN3O3. The summed E-state index contributed by atoms with van der Waals surface area (Å²) in [6, 6.07) is 23.4. The number of rotatable bonds is 4. The number of nitrogens with zero attached hydrogens (tertiary/aromatic N) is 2. The fraction of sp³-hybridized carbons (Fsp3) is 0.241. The minimum Gasteiger partial charge on any atom is -0.497 e. The molecule has 0 radical (unpaired) electrons. The van der Waals surface area contributed by atoms with Gasteiger partial charge in [0.15, 0.2) is 5.54 Å². The lowest BCUT2D eigenvalue weighted by molar-refractivity contribution is -0.166. The standard InChI is InChI=1S/C29H26ClN3O3/c1-29-27-26(22-8-3-4-9-24(22)31-27)23(19-10-12-20(30)13-11-19)16-33(29)25(34)17-32(28(29)35)15-18-6-5-7-21(14-18)36-2/h3-14,23,31H,15-17H2,1-2H3/t23?,29-/m0/s1. The van der Waals surface area contributed by atoms with Crippen LogP contribution < -0.4 is 4.74 Å². The average Bonchev–Trinajstić information content (AvgIpc) is 3.29. The number of para-hydroxylation sites is 1. The highest BCUT2D eigenvalue weighted by Gasteiger charge is 2.56. The Labute approximate surface area is 214 Å². The Balaban J connectivity index is 1.48. The largest absolute Gasteiger partial charge is 0.497 e. The molecule has 1 unspecified atom stereocenters. The van der Waals surface area contributed by atoms with Crippen LogP contribution in [0.25, 0.3) is 10.9 Å². The summed E-state index contributed by atoms with van der Waals surface area (Å²) in [6.45, 7) is 2.66. The summed E-state index contributed by atoms with van der Waals surface area (Å²) in [5, 5.41) is 1.73. The van der Waals surface area contributed by atoms with E-state index in [-0.39, 0.29) is 24.3 Å². The Kier molecular flexibility index (Phi) is 5.30. The molecular weight excluding hydrogens is 474 g/mol. The third-order valence-corrected chi connectivity index (χ3v) is 7.85. The number of aromatic amines is 1. The van der Waals surface area contributed by atoms with Crippen molar-refractivity contribution in [1.29, 1.82) is 0 Å². The van der Waals surface area contributed by atoms with Gasteiger partial charge in [-0.25, -0.2) is 0 Å². The summed E-state index contributed by atoms with van der Waals surface area (Å²) in [4.78, 5) is 34.8. The first-order chi connectivity index (χ1) is 17.4. The zero-order valence-electron chi connectivity index (χ0n) is 20.1. The van der Waals surface area contributed by atoms with E-state index in [1.54, 1.807) is 16.9 Å². The Hall–Kier alpha value is -3.77. The van der Waals surface area contributed by atoms with Crippen molar-refractivity contribution in [2.24, 2.45) is 0 Å². The molecule has 0 spiro atoms. The zero-order valence-corrected chi connectivity index (χ0v) is 20.9. The lowest BCUT2D eigenvalue weighted by Crippen LogP contribution is -2.67. The quantitative estimate of drug-likeness (QED) is 0.427. The molecule has 1 fully saturated rings. The maximum atomic E-state index is 14.2. The van der Waals surface area contributed by atoms with Crippen molar-refractivity contribution in [3.8, 4) is 5.75 Å². The van der Waals surface area contributed by atoms with Crippen LogP contribution in [0.3, 0.4) is 0 Å². The highest BCUT2D eigenvalue weighted by molar-refractivity contribution is 6.30. The van der Waals surface area contributed by atoms with Crippen LogP contribution in [-0.4, -0.2) is 46.8 Å². The van der Waals surface area contributed by atoms with E-state index in [0.29, 0.717) is 18.1 Å². The molecule has 36 heavy (non-hydrogen) atoms. The Morgan fingerprint density at radius 2 is 1.83 bits per heavy atom. The van der Waals surface area contributed by atoms with Gasteiger partial charge in [-0.3, -0.25) is 9.59 Å². The Morgan fingerprint density at radius 1 is 1.06 bits per heavy atom. The van der Waals surface area contributed by atoms with E-state index >= 15 is 0 Å². The van der Waals surface area contributed by atoms with E-state index in [0.717, 1.165) is 39.0 Å². The van der Waals surface area contributed by atoms with Crippen molar-refractivity contribution in [1.82, 2.24) is 14.8 Å². The van der Waals surface area contributed by atoms with Gasteiger partial charge in [-0.2, -0.15) is 0 Å². The number of carbonyl (C=O) groups excluding carboxylic acids is 2. The van der Waals surface area contributed by atoms with Gasteiger partial charge in [-0.15, -0.1) is 0 Å². The van der Waals surface area contributed by atoms with Crippen molar-refractivity contribution in [3.63, 3.8) is 0 Å². The first-order valence-corrected chi connectivity index (χ1v) is 12.4. The maximum Gasteiger partial charge on any atom is 0.255 e. The number of aromatic nitrogens is 1. The third-order valence-electron chi connectivity index (χ3n) is 7.60.